The van der Waals surface area contributed by atoms with Crippen LogP contribution in [0.15, 0.2) is 42.5 Å². The zero-order valence-electron chi connectivity index (χ0n) is 15.7. The number of aryl methyl sites for hydroxylation is 1. The summed E-state index contributed by atoms with van der Waals surface area (Å²) in [4.78, 5) is 14.5. The summed E-state index contributed by atoms with van der Waals surface area (Å²) in [5, 5.41) is 2.86. The average molecular weight is 372 g/mol. The predicted octanol–water partition coefficient (Wildman–Crippen LogP) is 3.05. The summed E-state index contributed by atoms with van der Waals surface area (Å²) in [6, 6.07) is 12.4. The molecule has 1 N–H and O–H groups in total. The Labute approximate surface area is 159 Å². The van der Waals surface area contributed by atoms with E-state index in [1.807, 2.05) is 25.1 Å². The van der Waals surface area contributed by atoms with E-state index in [0.717, 1.165) is 22.6 Å². The zero-order valence-corrected chi connectivity index (χ0v) is 15.7. The molecule has 0 radical (unpaired) electrons. The number of hydrogen-bond acceptors (Lipinski definition) is 4. The van der Waals surface area contributed by atoms with E-state index in [2.05, 4.69) is 10.2 Å². The number of carbonyl (C=O) groups is 1. The van der Waals surface area contributed by atoms with Gasteiger partial charge in [0.15, 0.2) is 0 Å². The minimum absolute atomic E-state index is 0.0414. The van der Waals surface area contributed by atoms with Crippen molar-refractivity contribution in [3.8, 4) is 5.75 Å². The van der Waals surface area contributed by atoms with Crippen LogP contribution in [-0.2, 0) is 16.1 Å². The zero-order chi connectivity index (χ0) is 19.2. The van der Waals surface area contributed by atoms with Gasteiger partial charge in [0.1, 0.15) is 18.2 Å². The molecular formula is C21H25FN2O3. The van der Waals surface area contributed by atoms with E-state index < -0.39 is 0 Å². The fourth-order valence-electron chi connectivity index (χ4n) is 3.20. The lowest BCUT2D eigenvalue weighted by atomic mass is 10.0. The van der Waals surface area contributed by atoms with E-state index in [4.69, 9.17) is 9.47 Å². The summed E-state index contributed by atoms with van der Waals surface area (Å²) < 4.78 is 24.1. The van der Waals surface area contributed by atoms with Crippen molar-refractivity contribution in [2.45, 2.75) is 25.9 Å². The smallest absolute Gasteiger partial charge is 0.222 e. The Balaban J connectivity index is 1.79. The maximum absolute atomic E-state index is 13.2. The minimum Gasteiger partial charge on any atom is -0.489 e. The first-order valence-electron chi connectivity index (χ1n) is 9.07. The molecule has 0 aliphatic carbocycles. The van der Waals surface area contributed by atoms with Gasteiger partial charge < -0.3 is 19.7 Å². The van der Waals surface area contributed by atoms with Gasteiger partial charge in [0, 0.05) is 20.2 Å². The predicted molar refractivity (Wildman–Crippen MR) is 103 cm³/mol. The largest absolute Gasteiger partial charge is 0.489 e. The molecule has 0 bridgehead atoms. The summed E-state index contributed by atoms with van der Waals surface area (Å²) in [5.41, 5.74) is 3.05. The summed E-state index contributed by atoms with van der Waals surface area (Å²) in [6.45, 7) is 3.99. The molecular weight excluding hydrogens is 347 g/mol. The molecule has 0 saturated carbocycles. The van der Waals surface area contributed by atoms with Crippen LogP contribution >= 0.6 is 0 Å². The van der Waals surface area contributed by atoms with Crippen LogP contribution in [0.4, 0.5) is 10.1 Å². The Morgan fingerprint density at radius 2 is 2.07 bits per heavy atom. The lowest BCUT2D eigenvalue weighted by Crippen LogP contribution is -2.45. The molecule has 2 aromatic carbocycles. The van der Waals surface area contributed by atoms with E-state index in [1.165, 1.54) is 12.1 Å². The lowest BCUT2D eigenvalue weighted by Gasteiger charge is -2.38. The molecule has 1 amide bonds. The number of halogens is 1. The van der Waals surface area contributed by atoms with Crippen molar-refractivity contribution < 1.29 is 18.7 Å². The molecule has 144 valence electrons. The third-order valence-corrected chi connectivity index (χ3v) is 4.61. The van der Waals surface area contributed by atoms with Crippen LogP contribution < -0.4 is 15.0 Å². The van der Waals surface area contributed by atoms with Gasteiger partial charge in [-0.15, -0.1) is 0 Å². The molecule has 1 aliphatic rings. The second kappa shape index (κ2) is 8.86. The first-order valence-corrected chi connectivity index (χ1v) is 9.07. The van der Waals surface area contributed by atoms with E-state index in [9.17, 15) is 9.18 Å². The van der Waals surface area contributed by atoms with Crippen molar-refractivity contribution in [3.05, 3.63) is 59.4 Å². The van der Waals surface area contributed by atoms with Crippen molar-refractivity contribution >= 4 is 11.6 Å². The first kappa shape index (κ1) is 19.2. The van der Waals surface area contributed by atoms with Crippen LogP contribution in [0.1, 0.15) is 17.5 Å². The number of rotatable bonds is 7. The number of nitrogens with zero attached hydrogens (tertiary/aromatic N) is 1. The molecule has 2 aromatic rings. The molecule has 1 unspecified atom stereocenters. The SMILES string of the molecule is COCCNC(=O)CC1COc2cc(C)ccc2N1Cc1ccc(F)cc1. The van der Waals surface area contributed by atoms with Gasteiger partial charge in [-0.2, -0.15) is 0 Å². The van der Waals surface area contributed by atoms with Gasteiger partial charge in [-0.05, 0) is 42.3 Å². The maximum Gasteiger partial charge on any atom is 0.222 e. The minimum atomic E-state index is -0.258. The molecule has 0 saturated heterocycles. The number of fused-ring (bicyclic) bond motifs is 1. The molecule has 1 heterocycles. The Hall–Kier alpha value is -2.60. The van der Waals surface area contributed by atoms with Crippen LogP contribution in [0.2, 0.25) is 0 Å². The fourth-order valence-corrected chi connectivity index (χ4v) is 3.20. The van der Waals surface area contributed by atoms with Gasteiger partial charge in [-0.3, -0.25) is 4.79 Å². The summed E-state index contributed by atoms with van der Waals surface area (Å²) in [6.07, 6.45) is 0.318. The number of hydrogen-bond donors (Lipinski definition) is 1. The maximum atomic E-state index is 13.2. The quantitative estimate of drug-likeness (QED) is 0.759. The number of nitrogens with one attached hydrogen (secondary N) is 1. The lowest BCUT2D eigenvalue weighted by molar-refractivity contribution is -0.121. The summed E-state index contributed by atoms with van der Waals surface area (Å²) >= 11 is 0. The number of benzene rings is 2. The second-order valence-corrected chi connectivity index (χ2v) is 6.74. The first-order chi connectivity index (χ1) is 13.1. The highest BCUT2D eigenvalue weighted by atomic mass is 19.1. The number of methoxy groups -OCH3 is 1. The number of ether oxygens (including phenoxy) is 2. The highest BCUT2D eigenvalue weighted by molar-refractivity contribution is 5.77. The van der Waals surface area contributed by atoms with Crippen LogP contribution in [0, 0.1) is 12.7 Å². The summed E-state index contributed by atoms with van der Waals surface area (Å²) in [7, 11) is 1.60. The Bertz CT molecular complexity index is 779. The number of carbonyl (C=O) groups excluding carboxylic acids is 1. The molecule has 1 aliphatic heterocycles. The van der Waals surface area contributed by atoms with Gasteiger partial charge in [-0.25, -0.2) is 4.39 Å². The molecule has 5 nitrogen and oxygen atoms in total. The molecule has 0 fully saturated rings. The second-order valence-electron chi connectivity index (χ2n) is 6.74. The summed E-state index contributed by atoms with van der Waals surface area (Å²) in [5.74, 6) is 0.513. The van der Waals surface area contributed by atoms with Crippen LogP contribution in [-0.4, -0.2) is 38.8 Å². The van der Waals surface area contributed by atoms with Crippen LogP contribution in [0.3, 0.4) is 0 Å². The standard InChI is InChI=1S/C21H25FN2O3/c1-15-3-8-19-20(11-15)27-14-18(12-21(25)23-9-10-26-2)24(19)13-16-4-6-17(22)7-5-16/h3-8,11,18H,9-10,12-14H2,1-2H3,(H,23,25). The molecule has 6 heteroatoms. The van der Waals surface area contributed by atoms with Gasteiger partial charge >= 0.3 is 0 Å². The van der Waals surface area contributed by atoms with Crippen molar-refractivity contribution in [1.82, 2.24) is 5.32 Å². The Morgan fingerprint density at radius 1 is 1.30 bits per heavy atom. The topological polar surface area (TPSA) is 50.8 Å². The third kappa shape index (κ3) is 4.98. The van der Waals surface area contributed by atoms with Crippen LogP contribution in [0.25, 0.3) is 0 Å². The van der Waals surface area contributed by atoms with Crippen molar-refractivity contribution in [2.75, 3.05) is 31.8 Å². The fraction of sp³-hybridized carbons (Fsp3) is 0.381. The van der Waals surface area contributed by atoms with Crippen molar-refractivity contribution in [3.63, 3.8) is 0 Å². The number of anilines is 1. The monoisotopic (exact) mass is 372 g/mol. The van der Waals surface area contributed by atoms with Gasteiger partial charge in [-0.1, -0.05) is 18.2 Å². The molecule has 0 spiro atoms. The Kier molecular flexibility index (Phi) is 6.29. The highest BCUT2D eigenvalue weighted by Crippen LogP contribution is 2.36. The van der Waals surface area contributed by atoms with Crippen LogP contribution in [0.5, 0.6) is 5.75 Å². The molecule has 1 atom stereocenters. The van der Waals surface area contributed by atoms with Crippen molar-refractivity contribution in [1.29, 1.82) is 0 Å². The van der Waals surface area contributed by atoms with E-state index in [0.29, 0.717) is 32.7 Å². The van der Waals surface area contributed by atoms with Gasteiger partial charge in [0.25, 0.3) is 0 Å². The highest BCUT2D eigenvalue weighted by Gasteiger charge is 2.29. The molecule has 0 aromatic heterocycles. The Morgan fingerprint density at radius 3 is 2.81 bits per heavy atom. The normalized spacial score (nSPS) is 15.8. The third-order valence-electron chi connectivity index (χ3n) is 4.61. The van der Waals surface area contributed by atoms with Gasteiger partial charge in [0.05, 0.1) is 24.8 Å². The molecule has 3 rings (SSSR count). The van der Waals surface area contributed by atoms with Gasteiger partial charge in [0.2, 0.25) is 5.91 Å². The van der Waals surface area contributed by atoms with E-state index in [1.54, 1.807) is 19.2 Å². The number of amides is 1. The average Bonchev–Trinajstić information content (AvgIpc) is 2.65. The molecule has 27 heavy (non-hydrogen) atoms. The van der Waals surface area contributed by atoms with Crippen molar-refractivity contribution in [2.24, 2.45) is 0 Å². The van der Waals surface area contributed by atoms with E-state index in [-0.39, 0.29) is 17.8 Å². The van der Waals surface area contributed by atoms with E-state index >= 15 is 0 Å².